The number of hydrogen-bond donors (Lipinski definition) is 4. The highest BCUT2D eigenvalue weighted by Crippen LogP contribution is 2.24. The number of aliphatic hydroxyl groups is 3. The SMILES string of the molecule is O=S(=O)(NC(CO)(CO)CO)C1CCCCC1. The van der Waals surface area contributed by atoms with Gasteiger partial charge in [-0.05, 0) is 12.8 Å². The average Bonchev–Trinajstić information content (AvgIpc) is 2.37. The van der Waals surface area contributed by atoms with E-state index in [9.17, 15) is 8.42 Å². The molecule has 0 saturated heterocycles. The minimum absolute atomic E-state index is 0.486. The molecule has 17 heavy (non-hydrogen) atoms. The Bertz CT molecular complexity index is 311. The molecule has 1 rings (SSSR count). The molecule has 0 aromatic rings. The van der Waals surface area contributed by atoms with Crippen LogP contribution in [0.5, 0.6) is 0 Å². The Morgan fingerprint density at radius 1 is 1.00 bits per heavy atom. The predicted molar refractivity (Wildman–Crippen MR) is 62.9 cm³/mol. The fourth-order valence-electron chi connectivity index (χ4n) is 2.01. The van der Waals surface area contributed by atoms with Gasteiger partial charge in [0.2, 0.25) is 10.0 Å². The number of rotatable bonds is 6. The Kier molecular flexibility index (Phi) is 5.33. The third-order valence-corrected chi connectivity index (χ3v) is 5.32. The van der Waals surface area contributed by atoms with Gasteiger partial charge in [-0.15, -0.1) is 0 Å². The molecule has 7 heteroatoms. The van der Waals surface area contributed by atoms with Crippen LogP contribution < -0.4 is 4.72 Å². The monoisotopic (exact) mass is 267 g/mol. The van der Waals surface area contributed by atoms with Gasteiger partial charge in [-0.3, -0.25) is 0 Å². The van der Waals surface area contributed by atoms with E-state index >= 15 is 0 Å². The van der Waals surface area contributed by atoms with Gasteiger partial charge < -0.3 is 15.3 Å². The summed E-state index contributed by atoms with van der Waals surface area (Å²) >= 11 is 0. The Labute approximate surface area is 102 Å². The van der Waals surface area contributed by atoms with E-state index < -0.39 is 40.6 Å². The molecule has 0 bridgehead atoms. The van der Waals surface area contributed by atoms with Crippen molar-refractivity contribution >= 4 is 10.0 Å². The number of hydrogen-bond acceptors (Lipinski definition) is 5. The van der Waals surface area contributed by atoms with E-state index in [1.54, 1.807) is 0 Å². The summed E-state index contributed by atoms with van der Waals surface area (Å²) in [5.74, 6) is 0. The van der Waals surface area contributed by atoms with Gasteiger partial charge in [-0.25, -0.2) is 13.1 Å². The predicted octanol–water partition coefficient (Wildman–Crippen LogP) is -1.05. The molecule has 0 unspecified atom stereocenters. The fraction of sp³-hybridized carbons (Fsp3) is 1.00. The van der Waals surface area contributed by atoms with Crippen molar-refractivity contribution in [3.05, 3.63) is 0 Å². The first-order valence-corrected chi connectivity index (χ1v) is 7.40. The van der Waals surface area contributed by atoms with Gasteiger partial charge in [-0.2, -0.15) is 0 Å². The lowest BCUT2D eigenvalue weighted by Crippen LogP contribution is -2.58. The normalized spacial score (nSPS) is 19.5. The van der Waals surface area contributed by atoms with Crippen LogP contribution in [-0.4, -0.2) is 54.3 Å². The van der Waals surface area contributed by atoms with E-state index in [2.05, 4.69) is 4.72 Å². The van der Waals surface area contributed by atoms with Gasteiger partial charge in [0.05, 0.1) is 25.1 Å². The van der Waals surface area contributed by atoms with E-state index in [1.807, 2.05) is 0 Å². The van der Waals surface area contributed by atoms with Crippen LogP contribution in [-0.2, 0) is 10.0 Å². The first kappa shape index (κ1) is 14.8. The highest BCUT2D eigenvalue weighted by Gasteiger charge is 2.37. The minimum atomic E-state index is -3.61. The van der Waals surface area contributed by atoms with Crippen LogP contribution in [0.25, 0.3) is 0 Å². The first-order chi connectivity index (χ1) is 7.99. The van der Waals surface area contributed by atoms with Gasteiger partial charge in [-0.1, -0.05) is 19.3 Å². The van der Waals surface area contributed by atoms with E-state index in [0.717, 1.165) is 19.3 Å². The van der Waals surface area contributed by atoms with Gasteiger partial charge in [0, 0.05) is 0 Å². The molecule has 0 aromatic heterocycles. The molecule has 0 atom stereocenters. The lowest BCUT2D eigenvalue weighted by atomic mass is 10.0. The summed E-state index contributed by atoms with van der Waals surface area (Å²) in [6, 6.07) is 0. The van der Waals surface area contributed by atoms with E-state index in [-0.39, 0.29) is 0 Å². The molecule has 0 amide bonds. The molecule has 102 valence electrons. The van der Waals surface area contributed by atoms with Gasteiger partial charge in [0.15, 0.2) is 0 Å². The Balaban J connectivity index is 2.76. The molecular formula is C10H21NO5S. The number of sulfonamides is 1. The Morgan fingerprint density at radius 3 is 1.88 bits per heavy atom. The van der Waals surface area contributed by atoms with Crippen LogP contribution >= 0.6 is 0 Å². The second-order valence-electron chi connectivity index (χ2n) is 4.66. The molecule has 1 aliphatic carbocycles. The maximum Gasteiger partial charge on any atom is 0.215 e. The molecule has 1 aliphatic rings. The van der Waals surface area contributed by atoms with Crippen LogP contribution in [0, 0.1) is 0 Å². The zero-order valence-corrected chi connectivity index (χ0v) is 10.6. The van der Waals surface area contributed by atoms with Crippen LogP contribution in [0.3, 0.4) is 0 Å². The van der Waals surface area contributed by atoms with Crippen molar-refractivity contribution in [1.29, 1.82) is 0 Å². The van der Waals surface area contributed by atoms with Gasteiger partial charge >= 0.3 is 0 Å². The molecule has 0 aliphatic heterocycles. The first-order valence-electron chi connectivity index (χ1n) is 5.85. The van der Waals surface area contributed by atoms with E-state index in [1.165, 1.54) is 0 Å². The summed E-state index contributed by atoms with van der Waals surface area (Å²) in [6.45, 7) is -1.90. The highest BCUT2D eigenvalue weighted by atomic mass is 32.2. The maximum absolute atomic E-state index is 12.0. The largest absolute Gasteiger partial charge is 0.394 e. The third kappa shape index (κ3) is 3.62. The smallest absolute Gasteiger partial charge is 0.215 e. The van der Waals surface area contributed by atoms with Crippen LogP contribution in [0.15, 0.2) is 0 Å². The summed E-state index contributed by atoms with van der Waals surface area (Å²) in [7, 11) is -3.61. The molecular weight excluding hydrogens is 246 g/mol. The van der Waals surface area contributed by atoms with E-state index in [4.69, 9.17) is 15.3 Å². The van der Waals surface area contributed by atoms with Crippen molar-refractivity contribution in [1.82, 2.24) is 4.72 Å². The molecule has 6 nitrogen and oxygen atoms in total. The van der Waals surface area contributed by atoms with Crippen LogP contribution in [0.2, 0.25) is 0 Å². The van der Waals surface area contributed by atoms with Gasteiger partial charge in [0.25, 0.3) is 0 Å². The van der Waals surface area contributed by atoms with Crippen molar-refractivity contribution < 1.29 is 23.7 Å². The van der Waals surface area contributed by atoms with Crippen molar-refractivity contribution in [3.8, 4) is 0 Å². The number of aliphatic hydroxyl groups excluding tert-OH is 3. The highest BCUT2D eigenvalue weighted by molar-refractivity contribution is 7.90. The summed E-state index contributed by atoms with van der Waals surface area (Å²) in [5.41, 5.74) is -1.56. The topological polar surface area (TPSA) is 107 Å². The van der Waals surface area contributed by atoms with Crippen molar-refractivity contribution in [3.63, 3.8) is 0 Å². The molecule has 4 N–H and O–H groups in total. The minimum Gasteiger partial charge on any atom is -0.394 e. The molecule has 0 aromatic carbocycles. The quantitative estimate of drug-likeness (QED) is 0.491. The Hall–Kier alpha value is -0.210. The zero-order valence-electron chi connectivity index (χ0n) is 9.80. The van der Waals surface area contributed by atoms with E-state index in [0.29, 0.717) is 12.8 Å². The molecule has 1 saturated carbocycles. The standard InChI is InChI=1S/C10H21NO5S/c12-6-10(7-13,8-14)11-17(15,16)9-4-2-1-3-5-9/h9,11-14H,1-8H2. The maximum atomic E-state index is 12.0. The summed E-state index contributed by atoms with van der Waals surface area (Å²) < 4.78 is 26.3. The van der Waals surface area contributed by atoms with Crippen molar-refractivity contribution in [2.45, 2.75) is 42.9 Å². The fourth-order valence-corrected chi connectivity index (χ4v) is 3.93. The van der Waals surface area contributed by atoms with Crippen LogP contribution in [0.1, 0.15) is 32.1 Å². The molecule has 0 spiro atoms. The lowest BCUT2D eigenvalue weighted by Gasteiger charge is -2.31. The second-order valence-corrected chi connectivity index (χ2v) is 6.62. The Morgan fingerprint density at radius 2 is 1.47 bits per heavy atom. The third-order valence-electron chi connectivity index (χ3n) is 3.26. The second kappa shape index (κ2) is 6.10. The average molecular weight is 267 g/mol. The van der Waals surface area contributed by atoms with Gasteiger partial charge in [0.1, 0.15) is 5.54 Å². The summed E-state index contributed by atoms with van der Waals surface area (Å²) in [4.78, 5) is 0. The summed E-state index contributed by atoms with van der Waals surface area (Å²) in [6.07, 6.45) is 3.96. The zero-order chi connectivity index (χ0) is 12.9. The van der Waals surface area contributed by atoms with Crippen molar-refractivity contribution in [2.24, 2.45) is 0 Å². The molecule has 0 heterocycles. The lowest BCUT2D eigenvalue weighted by molar-refractivity contribution is 0.0579. The summed E-state index contributed by atoms with van der Waals surface area (Å²) in [5, 5.41) is 26.8. The molecule has 0 radical (unpaired) electrons. The van der Waals surface area contributed by atoms with Crippen LogP contribution in [0.4, 0.5) is 0 Å². The van der Waals surface area contributed by atoms with Crippen molar-refractivity contribution in [2.75, 3.05) is 19.8 Å². The molecule has 1 fully saturated rings. The number of nitrogens with one attached hydrogen (secondary N) is 1.